The van der Waals surface area contributed by atoms with Gasteiger partial charge in [0.15, 0.2) is 0 Å². The van der Waals surface area contributed by atoms with Crippen LogP contribution in [0.3, 0.4) is 0 Å². The zero-order valence-corrected chi connectivity index (χ0v) is 9.52. The van der Waals surface area contributed by atoms with Gasteiger partial charge in [0.05, 0.1) is 6.42 Å². The van der Waals surface area contributed by atoms with E-state index in [0.717, 1.165) is 0 Å². The molecule has 0 fully saturated rings. The number of carbonyl (C=O) groups is 1. The molecule has 0 aliphatic heterocycles. The summed E-state index contributed by atoms with van der Waals surface area (Å²) >= 11 is 0. The lowest BCUT2D eigenvalue weighted by Crippen LogP contribution is -2.34. The summed E-state index contributed by atoms with van der Waals surface area (Å²) in [6, 6.07) is 0. The van der Waals surface area contributed by atoms with Gasteiger partial charge in [-0.25, -0.2) is 0 Å². The zero-order valence-electron chi connectivity index (χ0n) is 9.52. The molecule has 3 nitrogen and oxygen atoms in total. The van der Waals surface area contributed by atoms with Crippen molar-refractivity contribution in [3.63, 3.8) is 0 Å². The van der Waals surface area contributed by atoms with E-state index < -0.39 is 24.9 Å². The van der Waals surface area contributed by atoms with Crippen LogP contribution in [0.15, 0.2) is 0 Å². The number of rotatable bonds is 6. The van der Waals surface area contributed by atoms with Crippen molar-refractivity contribution in [1.29, 1.82) is 0 Å². The summed E-state index contributed by atoms with van der Waals surface area (Å²) in [5.74, 6) is -0.608. The number of nitrogens with one attached hydrogen (secondary N) is 1. The number of aliphatic hydroxyl groups is 1. The summed E-state index contributed by atoms with van der Waals surface area (Å²) in [4.78, 5) is 11.1. The second-order valence-electron chi connectivity index (χ2n) is 4.53. The molecule has 6 heteroatoms. The van der Waals surface area contributed by atoms with Crippen LogP contribution < -0.4 is 5.32 Å². The van der Waals surface area contributed by atoms with Crippen LogP contribution in [0.5, 0.6) is 0 Å². The second-order valence-corrected chi connectivity index (χ2v) is 4.53. The largest absolute Gasteiger partial charge is 0.396 e. The maximum Gasteiger partial charge on any atom is 0.389 e. The van der Waals surface area contributed by atoms with Gasteiger partial charge >= 0.3 is 6.18 Å². The average Bonchev–Trinajstić information content (AvgIpc) is 2.10. The van der Waals surface area contributed by atoms with Crippen molar-refractivity contribution < 1.29 is 23.1 Å². The first-order chi connectivity index (χ1) is 7.16. The van der Waals surface area contributed by atoms with Crippen molar-refractivity contribution in [2.24, 2.45) is 5.41 Å². The highest BCUT2D eigenvalue weighted by Crippen LogP contribution is 2.21. The minimum atomic E-state index is -4.29. The number of carbonyl (C=O) groups excluding carboxylic acids is 1. The van der Waals surface area contributed by atoms with Crippen LogP contribution in [0.4, 0.5) is 13.2 Å². The van der Waals surface area contributed by atoms with Crippen LogP contribution in [-0.4, -0.2) is 30.3 Å². The van der Waals surface area contributed by atoms with Crippen LogP contribution in [0.2, 0.25) is 0 Å². The Kier molecular flexibility index (Phi) is 5.78. The molecule has 0 aromatic rings. The van der Waals surface area contributed by atoms with Crippen molar-refractivity contribution in [2.75, 3.05) is 13.2 Å². The number of hydrogen-bond acceptors (Lipinski definition) is 2. The van der Waals surface area contributed by atoms with Crippen molar-refractivity contribution in [1.82, 2.24) is 5.32 Å². The van der Waals surface area contributed by atoms with Gasteiger partial charge in [-0.3, -0.25) is 4.79 Å². The Morgan fingerprint density at radius 2 is 1.81 bits per heavy atom. The number of halogens is 3. The topological polar surface area (TPSA) is 49.3 Å². The van der Waals surface area contributed by atoms with Crippen LogP contribution in [0.1, 0.15) is 33.1 Å². The smallest absolute Gasteiger partial charge is 0.389 e. The fourth-order valence-corrected chi connectivity index (χ4v) is 1.07. The van der Waals surface area contributed by atoms with E-state index in [0.29, 0.717) is 6.42 Å². The molecule has 0 aliphatic rings. The van der Waals surface area contributed by atoms with Gasteiger partial charge in [-0.15, -0.1) is 0 Å². The predicted molar refractivity (Wildman–Crippen MR) is 53.8 cm³/mol. The van der Waals surface area contributed by atoms with Gasteiger partial charge in [0.25, 0.3) is 0 Å². The van der Waals surface area contributed by atoms with Gasteiger partial charge in [-0.1, -0.05) is 13.8 Å². The van der Waals surface area contributed by atoms with E-state index in [2.05, 4.69) is 5.32 Å². The fourth-order valence-electron chi connectivity index (χ4n) is 1.07. The van der Waals surface area contributed by atoms with Gasteiger partial charge in [-0.2, -0.15) is 13.2 Å². The molecule has 1 amide bonds. The molecule has 96 valence electrons. The van der Waals surface area contributed by atoms with E-state index in [1.807, 2.05) is 13.8 Å². The third-order valence-corrected chi connectivity index (χ3v) is 2.19. The summed E-state index contributed by atoms with van der Waals surface area (Å²) in [5.41, 5.74) is -0.303. The molecule has 2 N–H and O–H groups in total. The van der Waals surface area contributed by atoms with E-state index in [4.69, 9.17) is 5.11 Å². The Hall–Kier alpha value is -0.780. The van der Waals surface area contributed by atoms with E-state index in [9.17, 15) is 18.0 Å². The summed E-state index contributed by atoms with van der Waals surface area (Å²) in [6.07, 6.45) is -5.44. The van der Waals surface area contributed by atoms with E-state index in [1.165, 1.54) is 0 Å². The molecule has 0 spiro atoms. The minimum Gasteiger partial charge on any atom is -0.396 e. The maximum atomic E-state index is 11.8. The monoisotopic (exact) mass is 241 g/mol. The van der Waals surface area contributed by atoms with Gasteiger partial charge in [0, 0.05) is 19.6 Å². The molecule has 0 bridgehead atoms. The summed E-state index contributed by atoms with van der Waals surface area (Å²) in [5, 5.41) is 11.1. The van der Waals surface area contributed by atoms with Gasteiger partial charge in [0.2, 0.25) is 5.91 Å². The Balaban J connectivity index is 3.81. The lowest BCUT2D eigenvalue weighted by atomic mass is 9.90. The third kappa shape index (κ3) is 8.52. The lowest BCUT2D eigenvalue weighted by molar-refractivity contribution is -0.144. The molecule has 0 heterocycles. The number of aliphatic hydroxyl groups excluding tert-OH is 1. The SMILES string of the molecule is CC(C)(CCO)CNC(=O)CCC(F)(F)F. The molecule has 16 heavy (non-hydrogen) atoms. The van der Waals surface area contributed by atoms with E-state index in [-0.39, 0.29) is 18.6 Å². The van der Waals surface area contributed by atoms with Crippen molar-refractivity contribution in [3.8, 4) is 0 Å². The third-order valence-electron chi connectivity index (χ3n) is 2.19. The van der Waals surface area contributed by atoms with Gasteiger partial charge < -0.3 is 10.4 Å². The predicted octanol–water partition coefficient (Wildman–Crippen LogP) is 1.85. The van der Waals surface area contributed by atoms with E-state index in [1.54, 1.807) is 0 Å². The Labute approximate surface area is 93.0 Å². The highest BCUT2D eigenvalue weighted by atomic mass is 19.4. The quantitative estimate of drug-likeness (QED) is 0.745. The number of amides is 1. The van der Waals surface area contributed by atoms with Crippen LogP contribution in [0.25, 0.3) is 0 Å². The zero-order chi connectivity index (χ0) is 12.8. The molecular formula is C10H18F3NO2. The maximum absolute atomic E-state index is 11.8. The first-order valence-electron chi connectivity index (χ1n) is 5.11. The fraction of sp³-hybridized carbons (Fsp3) is 0.900. The first kappa shape index (κ1) is 15.2. The highest BCUT2D eigenvalue weighted by Gasteiger charge is 2.28. The second kappa shape index (κ2) is 6.08. The minimum absolute atomic E-state index is 0.00851. The van der Waals surface area contributed by atoms with Crippen LogP contribution >= 0.6 is 0 Å². The van der Waals surface area contributed by atoms with E-state index >= 15 is 0 Å². The van der Waals surface area contributed by atoms with Crippen LogP contribution in [-0.2, 0) is 4.79 Å². The molecule has 0 atom stereocenters. The Morgan fingerprint density at radius 3 is 2.25 bits per heavy atom. The molecule has 0 saturated carbocycles. The molecular weight excluding hydrogens is 223 g/mol. The first-order valence-corrected chi connectivity index (χ1v) is 5.11. The van der Waals surface area contributed by atoms with Gasteiger partial charge in [0.1, 0.15) is 0 Å². The Morgan fingerprint density at radius 1 is 1.25 bits per heavy atom. The molecule has 0 aromatic carbocycles. The summed E-state index contributed by atoms with van der Waals surface area (Å²) in [7, 11) is 0. The molecule has 0 rings (SSSR count). The molecule has 0 aromatic heterocycles. The molecule has 0 saturated heterocycles. The molecule has 0 unspecified atom stereocenters. The van der Waals surface area contributed by atoms with Crippen molar-refractivity contribution in [2.45, 2.75) is 39.3 Å². The number of alkyl halides is 3. The van der Waals surface area contributed by atoms with Crippen LogP contribution in [0, 0.1) is 5.41 Å². The van der Waals surface area contributed by atoms with Crippen molar-refractivity contribution in [3.05, 3.63) is 0 Å². The Bertz CT molecular complexity index is 227. The highest BCUT2D eigenvalue weighted by molar-refractivity contribution is 5.75. The average molecular weight is 241 g/mol. The molecule has 0 radical (unpaired) electrons. The van der Waals surface area contributed by atoms with Gasteiger partial charge in [-0.05, 0) is 11.8 Å². The number of hydrogen-bond donors (Lipinski definition) is 2. The lowest BCUT2D eigenvalue weighted by Gasteiger charge is -2.23. The summed E-state index contributed by atoms with van der Waals surface area (Å²) < 4.78 is 35.4. The normalized spacial score (nSPS) is 12.6. The van der Waals surface area contributed by atoms with Crippen molar-refractivity contribution >= 4 is 5.91 Å². The standard InChI is InChI=1S/C10H18F3NO2/c1-9(2,5-6-15)7-14-8(16)3-4-10(11,12)13/h15H,3-7H2,1-2H3,(H,14,16). The molecule has 0 aliphatic carbocycles. The summed E-state index contributed by atoms with van der Waals surface area (Å²) in [6.45, 7) is 3.91.